The monoisotopic (exact) mass is 452 g/mol. The summed E-state index contributed by atoms with van der Waals surface area (Å²) in [6.07, 6.45) is 5.14. The third-order valence-corrected chi connectivity index (χ3v) is 7.58. The number of hydrogen-bond acceptors (Lipinski definition) is 5. The molecular weight excluding hydrogens is 424 g/mol. The molecule has 1 aliphatic heterocycles. The summed E-state index contributed by atoms with van der Waals surface area (Å²) < 4.78 is 34.4. The van der Waals surface area contributed by atoms with Crippen molar-refractivity contribution in [2.45, 2.75) is 50.3 Å². The van der Waals surface area contributed by atoms with Gasteiger partial charge in [0.1, 0.15) is 5.92 Å². The summed E-state index contributed by atoms with van der Waals surface area (Å²) in [5.41, 5.74) is 2.94. The smallest absolute Gasteiger partial charge is 0.320 e. The van der Waals surface area contributed by atoms with E-state index in [1.807, 2.05) is 30.3 Å². The van der Waals surface area contributed by atoms with Crippen LogP contribution in [0.5, 0.6) is 0 Å². The Morgan fingerprint density at radius 1 is 1.12 bits per heavy atom. The molecule has 0 amide bonds. The number of benzene rings is 2. The normalized spacial score (nSPS) is 16.0. The maximum atomic E-state index is 13.9. The highest BCUT2D eigenvalue weighted by atomic mass is 32.2. The second-order valence-electron chi connectivity index (χ2n) is 7.93. The van der Waals surface area contributed by atoms with Crippen LogP contribution < -0.4 is 0 Å². The molecule has 1 atom stereocenters. The Morgan fingerprint density at radius 2 is 1.88 bits per heavy atom. The first-order valence-corrected chi connectivity index (χ1v) is 12.6. The Hall–Kier alpha value is -2.93. The van der Waals surface area contributed by atoms with Gasteiger partial charge in [0.05, 0.1) is 22.7 Å². The van der Waals surface area contributed by atoms with Crippen molar-refractivity contribution < 1.29 is 17.9 Å². The van der Waals surface area contributed by atoms with Crippen molar-refractivity contribution in [2.24, 2.45) is 4.99 Å². The average Bonchev–Trinajstić information content (AvgIpc) is 2.97. The van der Waals surface area contributed by atoms with Crippen molar-refractivity contribution >= 4 is 33.1 Å². The maximum absolute atomic E-state index is 13.9. The van der Waals surface area contributed by atoms with E-state index in [0.717, 1.165) is 35.8 Å². The zero-order valence-corrected chi connectivity index (χ0v) is 19.3. The number of fused-ring (bicyclic) bond motifs is 3. The van der Waals surface area contributed by atoms with Gasteiger partial charge in [0.15, 0.2) is 0 Å². The molecule has 0 N–H and O–H groups in total. The molecule has 2 aromatic carbocycles. The summed E-state index contributed by atoms with van der Waals surface area (Å²) in [5, 5.41) is 0.824. The van der Waals surface area contributed by atoms with Crippen LogP contribution in [0.2, 0.25) is 0 Å². The maximum Gasteiger partial charge on any atom is 0.320 e. The first kappa shape index (κ1) is 22.3. The molecule has 0 aliphatic carbocycles. The highest BCUT2D eigenvalue weighted by Crippen LogP contribution is 2.36. The number of aromatic nitrogens is 1. The van der Waals surface area contributed by atoms with Crippen molar-refractivity contribution in [1.29, 1.82) is 0 Å². The Balaban J connectivity index is 1.92. The van der Waals surface area contributed by atoms with E-state index in [-0.39, 0.29) is 11.5 Å². The summed E-state index contributed by atoms with van der Waals surface area (Å²) in [6.45, 7) is 4.57. The van der Waals surface area contributed by atoms with Crippen molar-refractivity contribution in [1.82, 2.24) is 3.97 Å². The molecule has 2 heterocycles. The van der Waals surface area contributed by atoms with Gasteiger partial charge in [0.2, 0.25) is 0 Å². The highest BCUT2D eigenvalue weighted by molar-refractivity contribution is 7.90. The van der Waals surface area contributed by atoms with Crippen LogP contribution in [-0.2, 0) is 32.4 Å². The topological polar surface area (TPSA) is 77.7 Å². The van der Waals surface area contributed by atoms with Gasteiger partial charge in [0, 0.05) is 18.1 Å². The molecule has 0 radical (unpaired) electrons. The molecule has 168 valence electrons. The van der Waals surface area contributed by atoms with Crippen molar-refractivity contribution in [2.75, 3.05) is 13.2 Å². The molecule has 0 saturated carbocycles. The number of rotatable bonds is 7. The standard InChI is InChI=1S/C25H28N2O4S/c1-3-5-8-18-11-13-19(14-12-18)32(29,30)27-23-10-7-6-9-20(23)21-15-16-26-17-22(24(21)27)25(28)31-4-2/h6-7,9-14,17,22H,3-5,8,15-16H2,1-2H3. The molecule has 3 aromatic rings. The number of aryl methyl sites for hydroxylation is 1. The Kier molecular flexibility index (Phi) is 6.46. The summed E-state index contributed by atoms with van der Waals surface area (Å²) in [5.74, 6) is -1.37. The molecule has 4 rings (SSSR count). The quantitative estimate of drug-likeness (QED) is 0.495. The fourth-order valence-electron chi connectivity index (χ4n) is 4.28. The first-order chi connectivity index (χ1) is 15.5. The van der Waals surface area contributed by atoms with Crippen LogP contribution in [0.15, 0.2) is 58.4 Å². The number of para-hydroxylation sites is 1. The second kappa shape index (κ2) is 9.28. The van der Waals surface area contributed by atoms with E-state index in [9.17, 15) is 13.2 Å². The summed E-state index contributed by atoms with van der Waals surface area (Å²) in [4.78, 5) is 17.4. The molecule has 7 heteroatoms. The number of nitrogens with zero attached hydrogens (tertiary/aromatic N) is 2. The van der Waals surface area contributed by atoms with Crippen molar-refractivity contribution in [3.8, 4) is 0 Å². The van der Waals surface area contributed by atoms with Crippen molar-refractivity contribution in [3.63, 3.8) is 0 Å². The van der Waals surface area contributed by atoms with E-state index in [1.165, 1.54) is 10.2 Å². The number of carbonyl (C=O) groups excluding carboxylic acids is 1. The minimum absolute atomic E-state index is 0.199. The minimum Gasteiger partial charge on any atom is -0.465 e. The Morgan fingerprint density at radius 3 is 2.59 bits per heavy atom. The zero-order chi connectivity index (χ0) is 22.7. The zero-order valence-electron chi connectivity index (χ0n) is 18.5. The fraction of sp³-hybridized carbons (Fsp3) is 0.360. The van der Waals surface area contributed by atoms with Gasteiger partial charge in [-0.2, -0.15) is 0 Å². The lowest BCUT2D eigenvalue weighted by Gasteiger charge is -2.17. The molecule has 0 spiro atoms. The van der Waals surface area contributed by atoms with Gasteiger partial charge < -0.3 is 4.74 Å². The number of aliphatic imine (C=N–C) groups is 1. The summed E-state index contributed by atoms with van der Waals surface area (Å²) in [7, 11) is -3.95. The summed E-state index contributed by atoms with van der Waals surface area (Å²) in [6, 6.07) is 14.5. The van der Waals surface area contributed by atoms with Crippen LogP contribution in [0.1, 0.15) is 49.4 Å². The summed E-state index contributed by atoms with van der Waals surface area (Å²) >= 11 is 0. The van der Waals surface area contributed by atoms with Crippen LogP contribution in [0.3, 0.4) is 0 Å². The van der Waals surface area contributed by atoms with E-state index < -0.39 is 21.9 Å². The van der Waals surface area contributed by atoms with E-state index in [4.69, 9.17) is 4.74 Å². The lowest BCUT2D eigenvalue weighted by Crippen LogP contribution is -2.24. The average molecular weight is 453 g/mol. The molecule has 0 saturated heterocycles. The first-order valence-electron chi connectivity index (χ1n) is 11.1. The van der Waals surface area contributed by atoms with Gasteiger partial charge in [-0.1, -0.05) is 43.7 Å². The number of unbranched alkanes of at least 4 members (excludes halogenated alkanes) is 1. The molecule has 32 heavy (non-hydrogen) atoms. The number of hydrogen-bond donors (Lipinski definition) is 0. The van der Waals surface area contributed by atoms with E-state index in [2.05, 4.69) is 11.9 Å². The molecule has 0 fully saturated rings. The van der Waals surface area contributed by atoms with Crippen LogP contribution in [0.4, 0.5) is 0 Å². The van der Waals surface area contributed by atoms with Crippen LogP contribution in [-0.4, -0.2) is 37.7 Å². The van der Waals surface area contributed by atoms with E-state index >= 15 is 0 Å². The molecular formula is C25H28N2O4S. The van der Waals surface area contributed by atoms with Gasteiger partial charge in [-0.3, -0.25) is 9.79 Å². The number of esters is 1. The van der Waals surface area contributed by atoms with Gasteiger partial charge in [0.25, 0.3) is 10.0 Å². The lowest BCUT2D eigenvalue weighted by atomic mass is 10.0. The van der Waals surface area contributed by atoms with Gasteiger partial charge in [-0.05, 0) is 55.5 Å². The third kappa shape index (κ3) is 3.97. The van der Waals surface area contributed by atoms with Crippen LogP contribution >= 0.6 is 0 Å². The van der Waals surface area contributed by atoms with E-state index in [1.54, 1.807) is 25.1 Å². The fourth-order valence-corrected chi connectivity index (χ4v) is 5.87. The van der Waals surface area contributed by atoms with E-state index in [0.29, 0.717) is 24.2 Å². The Labute approximate surface area is 189 Å². The van der Waals surface area contributed by atoms with Gasteiger partial charge in [-0.15, -0.1) is 0 Å². The number of carbonyl (C=O) groups is 1. The van der Waals surface area contributed by atoms with Crippen molar-refractivity contribution in [3.05, 3.63) is 65.4 Å². The molecule has 1 aliphatic rings. The lowest BCUT2D eigenvalue weighted by molar-refractivity contribution is -0.143. The molecule has 6 nitrogen and oxygen atoms in total. The van der Waals surface area contributed by atoms with Gasteiger partial charge in [-0.25, -0.2) is 12.4 Å². The SMILES string of the molecule is CCCCc1ccc(S(=O)(=O)n2c3c(c4ccccc42)CCN=CC3C(=O)OCC)cc1. The van der Waals surface area contributed by atoms with Crippen LogP contribution in [0.25, 0.3) is 10.9 Å². The van der Waals surface area contributed by atoms with Gasteiger partial charge >= 0.3 is 5.97 Å². The molecule has 0 bridgehead atoms. The van der Waals surface area contributed by atoms with Crippen LogP contribution in [0, 0.1) is 0 Å². The third-order valence-electron chi connectivity index (χ3n) is 5.84. The predicted molar refractivity (Wildman–Crippen MR) is 126 cm³/mol. The molecule has 1 unspecified atom stereocenters. The highest BCUT2D eigenvalue weighted by Gasteiger charge is 2.35. The second-order valence-corrected chi connectivity index (χ2v) is 9.72. The number of ether oxygens (including phenoxy) is 1. The molecule has 1 aromatic heterocycles. The Bertz CT molecular complexity index is 1260. The minimum atomic E-state index is -3.95. The largest absolute Gasteiger partial charge is 0.465 e. The predicted octanol–water partition coefficient (Wildman–Crippen LogP) is 4.49.